The first kappa shape index (κ1) is 15.9. The Labute approximate surface area is 126 Å². The normalized spacial score (nSPS) is 10.1. The summed E-state index contributed by atoms with van der Waals surface area (Å²) < 4.78 is 5.93. The summed E-state index contributed by atoms with van der Waals surface area (Å²) in [5.41, 5.74) is 1.57. The second kappa shape index (κ2) is 8.11. The summed E-state index contributed by atoms with van der Waals surface area (Å²) in [5.74, 6) is -1.28. The number of aryl methyl sites for hydroxylation is 1. The number of carbonyl (C=O) groups is 2. The van der Waals surface area contributed by atoms with Crippen LogP contribution < -0.4 is 10.6 Å². The molecule has 19 heavy (non-hydrogen) atoms. The Morgan fingerprint density at radius 2 is 2.05 bits per heavy atom. The molecule has 1 aromatic rings. The van der Waals surface area contributed by atoms with Crippen LogP contribution in [0.25, 0.3) is 0 Å². The molecule has 0 atom stereocenters. The lowest BCUT2D eigenvalue weighted by Gasteiger charge is -2.09. The molecule has 0 aromatic heterocycles. The first-order valence-corrected chi connectivity index (χ1v) is 6.96. The molecule has 1 rings (SSSR count). The van der Waals surface area contributed by atoms with Crippen LogP contribution in [0.2, 0.25) is 0 Å². The van der Waals surface area contributed by atoms with Gasteiger partial charge in [-0.25, -0.2) is 0 Å². The molecule has 0 unspecified atom stereocenters. The Hall–Kier alpha value is -1.15. The van der Waals surface area contributed by atoms with Gasteiger partial charge in [0.05, 0.1) is 0 Å². The van der Waals surface area contributed by atoms with E-state index in [4.69, 9.17) is 4.74 Å². The fourth-order valence-electron chi connectivity index (χ4n) is 1.45. The highest BCUT2D eigenvalue weighted by Crippen LogP contribution is 2.17. The van der Waals surface area contributed by atoms with Gasteiger partial charge in [-0.3, -0.25) is 9.59 Å². The van der Waals surface area contributed by atoms with Crippen LogP contribution >= 0.6 is 22.6 Å². The summed E-state index contributed by atoms with van der Waals surface area (Å²) in [6, 6.07) is 5.60. The number of ether oxygens (including phenoxy) is 1. The minimum Gasteiger partial charge on any atom is -0.385 e. The molecule has 2 N–H and O–H groups in total. The van der Waals surface area contributed by atoms with Gasteiger partial charge < -0.3 is 15.4 Å². The number of nitrogens with one attached hydrogen (secondary N) is 2. The van der Waals surface area contributed by atoms with Crippen LogP contribution in [0.5, 0.6) is 0 Å². The third kappa shape index (κ3) is 5.56. The fraction of sp³-hybridized carbons (Fsp3) is 0.385. The second-order valence-electron chi connectivity index (χ2n) is 4.02. The van der Waals surface area contributed by atoms with Gasteiger partial charge in [0, 0.05) is 29.5 Å². The van der Waals surface area contributed by atoms with Crippen molar-refractivity contribution in [1.82, 2.24) is 5.32 Å². The summed E-state index contributed by atoms with van der Waals surface area (Å²) in [5, 5.41) is 5.13. The van der Waals surface area contributed by atoms with Crippen LogP contribution in [0, 0.1) is 10.5 Å². The highest BCUT2D eigenvalue weighted by Gasteiger charge is 2.13. The zero-order chi connectivity index (χ0) is 14.3. The van der Waals surface area contributed by atoms with Crippen LogP contribution in [-0.4, -0.2) is 32.1 Å². The Balaban J connectivity index is 2.47. The van der Waals surface area contributed by atoms with Crippen LogP contribution in [0.4, 0.5) is 5.69 Å². The average molecular weight is 376 g/mol. The number of carbonyl (C=O) groups excluding carboxylic acids is 2. The van der Waals surface area contributed by atoms with Gasteiger partial charge in [-0.1, -0.05) is 0 Å². The molecule has 104 valence electrons. The Morgan fingerprint density at radius 1 is 1.32 bits per heavy atom. The van der Waals surface area contributed by atoms with Gasteiger partial charge >= 0.3 is 11.8 Å². The van der Waals surface area contributed by atoms with Crippen molar-refractivity contribution in [1.29, 1.82) is 0 Å². The highest BCUT2D eigenvalue weighted by molar-refractivity contribution is 14.1. The molecule has 0 bridgehead atoms. The molecule has 2 amide bonds. The van der Waals surface area contributed by atoms with Gasteiger partial charge in [0.1, 0.15) is 0 Å². The topological polar surface area (TPSA) is 67.4 Å². The molecule has 0 saturated heterocycles. The number of rotatable bonds is 5. The number of methoxy groups -OCH3 is 1. The van der Waals surface area contributed by atoms with E-state index >= 15 is 0 Å². The summed E-state index contributed by atoms with van der Waals surface area (Å²) in [6.45, 7) is 2.86. The number of halogens is 1. The lowest BCUT2D eigenvalue weighted by atomic mass is 10.2. The van der Waals surface area contributed by atoms with E-state index in [-0.39, 0.29) is 0 Å². The second-order valence-corrected chi connectivity index (χ2v) is 5.26. The van der Waals surface area contributed by atoms with Crippen molar-refractivity contribution >= 4 is 40.1 Å². The van der Waals surface area contributed by atoms with Crippen molar-refractivity contribution in [2.45, 2.75) is 13.3 Å². The third-order valence-corrected chi connectivity index (χ3v) is 3.12. The maximum absolute atomic E-state index is 11.7. The molecule has 0 radical (unpaired) electrons. The quantitative estimate of drug-likeness (QED) is 0.467. The van der Waals surface area contributed by atoms with Gasteiger partial charge in [0.15, 0.2) is 0 Å². The molecule has 0 fully saturated rings. The van der Waals surface area contributed by atoms with E-state index in [1.54, 1.807) is 13.2 Å². The Morgan fingerprint density at radius 3 is 2.68 bits per heavy atom. The third-order valence-electron chi connectivity index (χ3n) is 2.45. The standard InChI is InChI=1S/C13H17IN2O3/c1-9-8-10(14)4-5-11(9)16-13(18)12(17)15-6-3-7-19-2/h4-5,8H,3,6-7H2,1-2H3,(H,15,17)(H,16,18). The van der Waals surface area contributed by atoms with Crippen molar-refractivity contribution in [3.05, 3.63) is 27.3 Å². The van der Waals surface area contributed by atoms with E-state index in [0.29, 0.717) is 25.3 Å². The molecule has 1 aromatic carbocycles. The number of benzene rings is 1. The average Bonchev–Trinajstić information content (AvgIpc) is 2.37. The maximum atomic E-state index is 11.7. The Kier molecular flexibility index (Phi) is 6.79. The molecular weight excluding hydrogens is 359 g/mol. The van der Waals surface area contributed by atoms with Crippen molar-refractivity contribution in [2.24, 2.45) is 0 Å². The number of amides is 2. The van der Waals surface area contributed by atoms with E-state index in [9.17, 15) is 9.59 Å². The van der Waals surface area contributed by atoms with Crippen molar-refractivity contribution in [3.8, 4) is 0 Å². The molecule has 0 aliphatic heterocycles. The molecule has 0 heterocycles. The lowest BCUT2D eigenvalue weighted by molar-refractivity contribution is -0.136. The maximum Gasteiger partial charge on any atom is 0.313 e. The van der Waals surface area contributed by atoms with Gasteiger partial charge in [-0.05, 0) is 59.7 Å². The summed E-state index contributed by atoms with van der Waals surface area (Å²) in [7, 11) is 1.59. The minimum atomic E-state index is -0.651. The zero-order valence-electron chi connectivity index (χ0n) is 11.0. The fourth-order valence-corrected chi connectivity index (χ4v) is 2.09. The lowest BCUT2D eigenvalue weighted by Crippen LogP contribution is -2.36. The minimum absolute atomic E-state index is 0.422. The predicted molar refractivity (Wildman–Crippen MR) is 82.0 cm³/mol. The van der Waals surface area contributed by atoms with Gasteiger partial charge in [-0.2, -0.15) is 0 Å². The monoisotopic (exact) mass is 376 g/mol. The van der Waals surface area contributed by atoms with Crippen LogP contribution in [0.1, 0.15) is 12.0 Å². The van der Waals surface area contributed by atoms with E-state index in [2.05, 4.69) is 33.2 Å². The summed E-state index contributed by atoms with van der Waals surface area (Å²) >= 11 is 2.19. The SMILES string of the molecule is COCCCNC(=O)C(=O)Nc1ccc(I)cc1C. The molecule has 5 nitrogen and oxygen atoms in total. The molecule has 0 aliphatic rings. The van der Waals surface area contributed by atoms with Crippen molar-refractivity contribution in [2.75, 3.05) is 25.6 Å². The largest absolute Gasteiger partial charge is 0.385 e. The number of anilines is 1. The van der Waals surface area contributed by atoms with Crippen LogP contribution in [0.3, 0.4) is 0 Å². The smallest absolute Gasteiger partial charge is 0.313 e. The van der Waals surface area contributed by atoms with Gasteiger partial charge in [-0.15, -0.1) is 0 Å². The molecule has 0 spiro atoms. The number of hydrogen-bond donors (Lipinski definition) is 2. The summed E-state index contributed by atoms with van der Waals surface area (Å²) in [4.78, 5) is 23.2. The Bertz CT molecular complexity index is 463. The van der Waals surface area contributed by atoms with E-state index in [1.807, 2.05) is 19.1 Å². The van der Waals surface area contributed by atoms with E-state index in [0.717, 1.165) is 9.13 Å². The van der Waals surface area contributed by atoms with E-state index < -0.39 is 11.8 Å². The zero-order valence-corrected chi connectivity index (χ0v) is 13.1. The molecule has 6 heteroatoms. The van der Waals surface area contributed by atoms with Crippen LogP contribution in [0.15, 0.2) is 18.2 Å². The molecule has 0 aliphatic carbocycles. The first-order chi connectivity index (χ1) is 9.04. The van der Waals surface area contributed by atoms with Crippen molar-refractivity contribution in [3.63, 3.8) is 0 Å². The first-order valence-electron chi connectivity index (χ1n) is 5.89. The van der Waals surface area contributed by atoms with E-state index in [1.165, 1.54) is 0 Å². The molecule has 0 saturated carbocycles. The van der Waals surface area contributed by atoms with Gasteiger partial charge in [0.2, 0.25) is 0 Å². The highest BCUT2D eigenvalue weighted by atomic mass is 127. The van der Waals surface area contributed by atoms with Gasteiger partial charge in [0.25, 0.3) is 0 Å². The predicted octanol–water partition coefficient (Wildman–Crippen LogP) is 1.69. The molecular formula is C13H17IN2O3. The van der Waals surface area contributed by atoms with Crippen LogP contribution in [-0.2, 0) is 14.3 Å². The van der Waals surface area contributed by atoms with Crippen molar-refractivity contribution < 1.29 is 14.3 Å². The summed E-state index contributed by atoms with van der Waals surface area (Å²) in [6.07, 6.45) is 0.679. The number of hydrogen-bond acceptors (Lipinski definition) is 3.